The van der Waals surface area contributed by atoms with Crippen LogP contribution in [0.25, 0.3) is 54.8 Å². The lowest BCUT2D eigenvalue weighted by Gasteiger charge is -2.30. The molecule has 0 amide bonds. The molecule has 2 aliphatic rings. The number of nitriles is 1. The van der Waals surface area contributed by atoms with Crippen molar-refractivity contribution in [3.05, 3.63) is 167 Å². The molecule has 1 aliphatic heterocycles. The molecule has 0 spiro atoms. The molecule has 0 N–H and O–H groups in total. The standard InChI is InChI=1S/C43H27N3S/c44-26-28-11-10-19-38(46-35-17-7-4-14-30(35)31-15-5-8-18-36(31)46)41(28)27-21-23-37-34(25-27)42-39(45(37)29-12-2-1-3-13-29)24-22-33-32-16-6-9-20-40(32)47-43(33)42/h1-25,39,42H. The lowest BCUT2D eigenvalue weighted by atomic mass is 9.85. The number of aromatic nitrogens is 1. The number of hydrogen-bond donors (Lipinski definition) is 0. The Bertz CT molecular complexity index is 2560. The monoisotopic (exact) mass is 617 g/mol. The molecule has 6 aromatic carbocycles. The van der Waals surface area contributed by atoms with E-state index in [1.807, 2.05) is 23.5 Å². The number of benzene rings is 6. The average molecular weight is 618 g/mol. The molecule has 0 bridgehead atoms. The summed E-state index contributed by atoms with van der Waals surface area (Å²) in [5.41, 5.74) is 11.0. The number of fused-ring (bicyclic) bond motifs is 10. The van der Waals surface area contributed by atoms with Crippen LogP contribution in [0.15, 0.2) is 146 Å². The average Bonchev–Trinajstić information content (AvgIpc) is 3.79. The maximum Gasteiger partial charge on any atom is 0.0998 e. The lowest BCUT2D eigenvalue weighted by Crippen LogP contribution is -2.29. The van der Waals surface area contributed by atoms with Crippen LogP contribution in [0, 0.1) is 11.3 Å². The second-order valence-electron chi connectivity index (χ2n) is 12.4. The third-order valence-electron chi connectivity index (χ3n) is 9.97. The lowest BCUT2D eigenvalue weighted by molar-refractivity contribution is 0.737. The van der Waals surface area contributed by atoms with E-state index >= 15 is 0 Å². The molecule has 220 valence electrons. The van der Waals surface area contributed by atoms with Crippen LogP contribution in [0.5, 0.6) is 0 Å². The van der Waals surface area contributed by atoms with Gasteiger partial charge >= 0.3 is 0 Å². The van der Waals surface area contributed by atoms with Gasteiger partial charge in [-0.25, -0.2) is 0 Å². The molecule has 10 rings (SSSR count). The Kier molecular flexibility index (Phi) is 5.64. The third-order valence-corrected chi connectivity index (χ3v) is 11.2. The van der Waals surface area contributed by atoms with E-state index in [1.165, 1.54) is 48.2 Å². The largest absolute Gasteiger partial charge is 0.333 e. The highest BCUT2D eigenvalue weighted by Crippen LogP contribution is 2.55. The highest BCUT2D eigenvalue weighted by atomic mass is 32.1. The van der Waals surface area contributed by atoms with E-state index in [1.54, 1.807) is 0 Å². The van der Waals surface area contributed by atoms with E-state index in [0.29, 0.717) is 5.56 Å². The van der Waals surface area contributed by atoms with Gasteiger partial charge in [0.15, 0.2) is 0 Å². The number of rotatable bonds is 3. The van der Waals surface area contributed by atoms with Crippen molar-refractivity contribution in [3.63, 3.8) is 0 Å². The van der Waals surface area contributed by atoms with Crippen molar-refractivity contribution in [3.8, 4) is 22.9 Å². The van der Waals surface area contributed by atoms with Crippen molar-refractivity contribution in [2.24, 2.45) is 0 Å². The summed E-state index contributed by atoms with van der Waals surface area (Å²) in [5, 5.41) is 14.3. The number of thiophene rings is 1. The Morgan fingerprint density at radius 1 is 0.638 bits per heavy atom. The summed E-state index contributed by atoms with van der Waals surface area (Å²) in [6.45, 7) is 0. The smallest absolute Gasteiger partial charge is 0.0998 e. The Labute approximate surface area is 276 Å². The summed E-state index contributed by atoms with van der Waals surface area (Å²) in [4.78, 5) is 3.91. The first-order valence-electron chi connectivity index (χ1n) is 16.0. The number of para-hydroxylation sites is 3. The van der Waals surface area contributed by atoms with Gasteiger partial charge in [-0.2, -0.15) is 5.26 Å². The summed E-state index contributed by atoms with van der Waals surface area (Å²) >= 11 is 1.92. The second kappa shape index (κ2) is 10.1. The van der Waals surface area contributed by atoms with Crippen molar-refractivity contribution in [1.29, 1.82) is 5.26 Å². The minimum atomic E-state index is 0.159. The van der Waals surface area contributed by atoms with Crippen LogP contribution in [0.1, 0.15) is 27.5 Å². The van der Waals surface area contributed by atoms with Gasteiger partial charge in [0.2, 0.25) is 0 Å². The van der Waals surface area contributed by atoms with Crippen LogP contribution in [0.3, 0.4) is 0 Å². The highest BCUT2D eigenvalue weighted by Gasteiger charge is 2.43. The molecule has 2 atom stereocenters. The third kappa shape index (κ3) is 3.72. The van der Waals surface area contributed by atoms with E-state index < -0.39 is 0 Å². The summed E-state index contributed by atoms with van der Waals surface area (Å²) in [6.07, 6.45) is 4.73. The zero-order chi connectivity index (χ0) is 31.1. The molecule has 2 aromatic heterocycles. The fourth-order valence-electron chi connectivity index (χ4n) is 8.05. The predicted octanol–water partition coefficient (Wildman–Crippen LogP) is 11.2. The molecule has 0 saturated heterocycles. The Hall–Kier alpha value is -5.89. The predicted molar refractivity (Wildman–Crippen MR) is 196 cm³/mol. The van der Waals surface area contributed by atoms with E-state index in [9.17, 15) is 5.26 Å². The van der Waals surface area contributed by atoms with Crippen LogP contribution in [-0.4, -0.2) is 10.6 Å². The second-order valence-corrected chi connectivity index (χ2v) is 13.4. The van der Waals surface area contributed by atoms with Crippen molar-refractivity contribution in [2.45, 2.75) is 12.0 Å². The van der Waals surface area contributed by atoms with Gasteiger partial charge in [-0.05, 0) is 76.7 Å². The van der Waals surface area contributed by atoms with Gasteiger partial charge in [0.05, 0.1) is 34.4 Å². The molecule has 3 nitrogen and oxygen atoms in total. The molecule has 2 unspecified atom stereocenters. The SMILES string of the molecule is N#Cc1cccc(-n2c3ccccc3c3ccccc32)c1-c1ccc2c(c1)C1c3sc4ccccc4c3C=CC1N2c1ccccc1. The fourth-order valence-corrected chi connectivity index (χ4v) is 9.41. The van der Waals surface area contributed by atoms with Gasteiger partial charge in [-0.15, -0.1) is 11.3 Å². The Balaban J connectivity index is 1.24. The minimum Gasteiger partial charge on any atom is -0.333 e. The molecule has 1 aliphatic carbocycles. The number of hydrogen-bond acceptors (Lipinski definition) is 3. The molecule has 4 heteroatoms. The van der Waals surface area contributed by atoms with Gasteiger partial charge in [0.1, 0.15) is 0 Å². The maximum atomic E-state index is 10.5. The number of anilines is 2. The maximum absolute atomic E-state index is 10.5. The molecular formula is C43H27N3S. The van der Waals surface area contributed by atoms with E-state index in [-0.39, 0.29) is 12.0 Å². The van der Waals surface area contributed by atoms with E-state index in [0.717, 1.165) is 27.8 Å². The van der Waals surface area contributed by atoms with Crippen LogP contribution in [0.4, 0.5) is 11.4 Å². The normalized spacial score (nSPS) is 16.4. The van der Waals surface area contributed by atoms with E-state index in [4.69, 9.17) is 0 Å². The first-order chi connectivity index (χ1) is 23.3. The molecular weight excluding hydrogens is 591 g/mol. The Morgan fingerprint density at radius 3 is 2.11 bits per heavy atom. The highest BCUT2D eigenvalue weighted by molar-refractivity contribution is 7.19. The molecule has 0 saturated carbocycles. The van der Waals surface area contributed by atoms with Gasteiger partial charge in [-0.3, -0.25) is 0 Å². The summed E-state index contributed by atoms with van der Waals surface area (Å²) in [6, 6.07) is 52.3. The van der Waals surface area contributed by atoms with Crippen LogP contribution < -0.4 is 4.90 Å². The van der Waals surface area contributed by atoms with Crippen LogP contribution in [0.2, 0.25) is 0 Å². The zero-order valence-electron chi connectivity index (χ0n) is 25.3. The van der Waals surface area contributed by atoms with Gasteiger partial charge in [0.25, 0.3) is 0 Å². The van der Waals surface area contributed by atoms with Crippen molar-refractivity contribution >= 4 is 60.7 Å². The zero-order valence-corrected chi connectivity index (χ0v) is 26.2. The van der Waals surface area contributed by atoms with Gasteiger partial charge in [-0.1, -0.05) is 97.1 Å². The molecule has 0 radical (unpaired) electrons. The van der Waals surface area contributed by atoms with Crippen molar-refractivity contribution in [1.82, 2.24) is 4.57 Å². The first-order valence-corrected chi connectivity index (χ1v) is 16.8. The summed E-state index contributed by atoms with van der Waals surface area (Å²) < 4.78 is 3.66. The Morgan fingerprint density at radius 2 is 1.34 bits per heavy atom. The van der Waals surface area contributed by atoms with Crippen LogP contribution in [-0.2, 0) is 0 Å². The quantitative estimate of drug-likeness (QED) is 0.198. The topological polar surface area (TPSA) is 32.0 Å². The minimum absolute atomic E-state index is 0.159. The summed E-state index contributed by atoms with van der Waals surface area (Å²) in [5.74, 6) is 0.175. The van der Waals surface area contributed by atoms with Gasteiger partial charge < -0.3 is 9.47 Å². The first kappa shape index (κ1) is 26.3. The molecule has 0 fully saturated rings. The van der Waals surface area contributed by atoms with Crippen molar-refractivity contribution < 1.29 is 0 Å². The molecule has 8 aromatic rings. The van der Waals surface area contributed by atoms with E-state index in [2.05, 4.69) is 155 Å². The fraction of sp³-hybridized carbons (Fsp3) is 0.0465. The van der Waals surface area contributed by atoms with Crippen molar-refractivity contribution in [2.75, 3.05) is 4.90 Å². The number of nitrogens with zero attached hydrogens (tertiary/aromatic N) is 3. The van der Waals surface area contributed by atoms with Crippen LogP contribution >= 0.6 is 11.3 Å². The van der Waals surface area contributed by atoms with Gasteiger partial charge in [0, 0.05) is 43.2 Å². The molecule has 3 heterocycles. The summed E-state index contributed by atoms with van der Waals surface area (Å²) in [7, 11) is 0. The molecule has 47 heavy (non-hydrogen) atoms.